The molecule has 2 rings (SSSR count). The molecule has 0 saturated carbocycles. The molecule has 1 aromatic heterocycles. The first-order valence-corrected chi connectivity index (χ1v) is 9.13. The first-order valence-electron chi connectivity index (χ1n) is 9.13. The summed E-state index contributed by atoms with van der Waals surface area (Å²) >= 11 is 0. The summed E-state index contributed by atoms with van der Waals surface area (Å²) in [5, 5.41) is 7.76. The van der Waals surface area contributed by atoms with Crippen LogP contribution in [0.25, 0.3) is 0 Å². The van der Waals surface area contributed by atoms with E-state index in [0.29, 0.717) is 13.0 Å². The summed E-state index contributed by atoms with van der Waals surface area (Å²) in [7, 11) is 0. The molecule has 0 saturated heterocycles. The molecule has 5 nitrogen and oxygen atoms in total. The number of benzene rings is 1. The molecule has 26 heavy (non-hydrogen) atoms. The predicted molar refractivity (Wildman–Crippen MR) is 106 cm³/mol. The minimum absolute atomic E-state index is 0.0555. The quantitative estimate of drug-likeness (QED) is 0.856. The van der Waals surface area contributed by atoms with Gasteiger partial charge in [-0.05, 0) is 45.4 Å². The number of nitrogens with zero attached hydrogens (tertiary/aromatic N) is 2. The number of carbonyl (C=O) groups is 1. The Morgan fingerprint density at radius 2 is 1.73 bits per heavy atom. The molecule has 2 aromatic rings. The van der Waals surface area contributed by atoms with Crippen LogP contribution in [-0.2, 0) is 22.2 Å². The zero-order chi connectivity index (χ0) is 19.5. The Morgan fingerprint density at radius 3 is 2.23 bits per heavy atom. The van der Waals surface area contributed by atoms with Crippen molar-refractivity contribution in [3.05, 3.63) is 41.6 Å². The van der Waals surface area contributed by atoms with Crippen molar-refractivity contribution in [3.63, 3.8) is 0 Å². The van der Waals surface area contributed by atoms with Gasteiger partial charge in [-0.2, -0.15) is 5.10 Å². The normalized spacial score (nSPS) is 12.1. The maximum Gasteiger partial charge on any atom is 0.229 e. The highest BCUT2D eigenvalue weighted by Crippen LogP contribution is 2.28. The Morgan fingerprint density at radius 1 is 1.12 bits per heavy atom. The minimum atomic E-state index is -0.217. The van der Waals surface area contributed by atoms with Gasteiger partial charge in [0.25, 0.3) is 0 Å². The molecule has 1 N–H and O–H groups in total. The molecule has 0 fully saturated rings. The van der Waals surface area contributed by atoms with E-state index in [0.717, 1.165) is 22.8 Å². The Labute approximate surface area is 156 Å². The van der Waals surface area contributed by atoms with E-state index in [-0.39, 0.29) is 16.9 Å². The standard InChI is InChI=1S/C21H31N3O2/c1-8-26-16-11-9-15(10-12-16)13-19(25)22-18-14-17(20(2,3)4)23-24(18)21(5,6)7/h9-12,14H,8,13H2,1-7H3,(H,22,25). The van der Waals surface area contributed by atoms with Crippen molar-refractivity contribution in [2.75, 3.05) is 11.9 Å². The summed E-state index contributed by atoms with van der Waals surface area (Å²) in [6.07, 6.45) is 0.312. The first kappa shape index (κ1) is 20.0. The number of hydrogen-bond donors (Lipinski definition) is 1. The van der Waals surface area contributed by atoms with E-state index in [9.17, 15) is 4.79 Å². The van der Waals surface area contributed by atoms with Gasteiger partial charge in [0.1, 0.15) is 11.6 Å². The second-order valence-corrected chi connectivity index (χ2v) is 8.55. The second kappa shape index (κ2) is 7.52. The van der Waals surface area contributed by atoms with Gasteiger partial charge in [0.05, 0.1) is 24.3 Å². The summed E-state index contributed by atoms with van der Waals surface area (Å²) < 4.78 is 7.33. The van der Waals surface area contributed by atoms with Crippen LogP contribution in [0.1, 0.15) is 59.7 Å². The van der Waals surface area contributed by atoms with Gasteiger partial charge in [-0.25, -0.2) is 4.68 Å². The van der Waals surface area contributed by atoms with Gasteiger partial charge >= 0.3 is 0 Å². The Kier molecular flexibility index (Phi) is 5.79. The molecule has 0 aliphatic carbocycles. The predicted octanol–water partition coefficient (Wildman–Crippen LogP) is 4.52. The van der Waals surface area contributed by atoms with Crippen molar-refractivity contribution in [2.45, 2.75) is 65.8 Å². The van der Waals surface area contributed by atoms with Crippen molar-refractivity contribution in [3.8, 4) is 5.75 Å². The van der Waals surface area contributed by atoms with Crippen LogP contribution in [0.5, 0.6) is 5.75 Å². The number of hydrogen-bond acceptors (Lipinski definition) is 3. The fraction of sp³-hybridized carbons (Fsp3) is 0.524. The highest BCUT2D eigenvalue weighted by atomic mass is 16.5. The highest BCUT2D eigenvalue weighted by molar-refractivity contribution is 5.91. The van der Waals surface area contributed by atoms with Crippen molar-refractivity contribution in [1.29, 1.82) is 0 Å². The lowest BCUT2D eigenvalue weighted by Gasteiger charge is -2.23. The van der Waals surface area contributed by atoms with Crippen molar-refractivity contribution in [2.24, 2.45) is 0 Å². The zero-order valence-electron chi connectivity index (χ0n) is 17.0. The molecule has 1 aromatic carbocycles. The molecule has 0 spiro atoms. The summed E-state index contributed by atoms with van der Waals surface area (Å²) in [5.74, 6) is 1.50. The smallest absolute Gasteiger partial charge is 0.229 e. The lowest BCUT2D eigenvalue weighted by Crippen LogP contribution is -2.27. The Bertz CT molecular complexity index is 747. The van der Waals surface area contributed by atoms with E-state index in [1.807, 2.05) is 41.9 Å². The average molecular weight is 357 g/mol. The van der Waals surface area contributed by atoms with Gasteiger partial charge in [0.2, 0.25) is 5.91 Å². The van der Waals surface area contributed by atoms with Gasteiger partial charge in [0.15, 0.2) is 0 Å². The average Bonchev–Trinajstić information content (AvgIpc) is 2.93. The summed E-state index contributed by atoms with van der Waals surface area (Å²) in [4.78, 5) is 12.5. The van der Waals surface area contributed by atoms with E-state index in [1.165, 1.54) is 0 Å². The molecule has 5 heteroatoms. The van der Waals surface area contributed by atoms with Gasteiger partial charge in [0, 0.05) is 11.5 Å². The van der Waals surface area contributed by atoms with E-state index < -0.39 is 0 Å². The number of amides is 1. The summed E-state index contributed by atoms with van der Waals surface area (Å²) in [6, 6.07) is 9.60. The molecule has 0 atom stereocenters. The van der Waals surface area contributed by atoms with Crippen LogP contribution < -0.4 is 10.1 Å². The van der Waals surface area contributed by atoms with Crippen LogP contribution >= 0.6 is 0 Å². The molecule has 0 unspecified atom stereocenters. The molecule has 142 valence electrons. The second-order valence-electron chi connectivity index (χ2n) is 8.55. The number of carbonyl (C=O) groups excluding carboxylic acids is 1. The summed E-state index contributed by atoms with van der Waals surface area (Å²) in [6.45, 7) is 15.2. The van der Waals surface area contributed by atoms with Crippen LogP contribution in [0.3, 0.4) is 0 Å². The highest BCUT2D eigenvalue weighted by Gasteiger charge is 2.25. The topological polar surface area (TPSA) is 56.1 Å². The molecule has 0 bridgehead atoms. The van der Waals surface area contributed by atoms with Gasteiger partial charge < -0.3 is 10.1 Å². The van der Waals surface area contributed by atoms with Crippen LogP contribution in [0.4, 0.5) is 5.82 Å². The van der Waals surface area contributed by atoms with Gasteiger partial charge in [-0.1, -0.05) is 32.9 Å². The molecule has 1 amide bonds. The molecule has 0 aliphatic heterocycles. The lowest BCUT2D eigenvalue weighted by atomic mass is 9.92. The maximum atomic E-state index is 12.5. The van der Waals surface area contributed by atoms with Crippen molar-refractivity contribution < 1.29 is 9.53 Å². The van der Waals surface area contributed by atoms with Gasteiger partial charge in [-0.3, -0.25) is 4.79 Å². The number of aromatic nitrogens is 2. The number of anilines is 1. The Balaban J connectivity index is 2.16. The SMILES string of the molecule is CCOc1ccc(CC(=O)Nc2cc(C(C)(C)C)nn2C(C)(C)C)cc1. The fourth-order valence-corrected chi connectivity index (χ4v) is 2.59. The number of rotatable bonds is 5. The van der Waals surface area contributed by atoms with E-state index in [1.54, 1.807) is 0 Å². The number of nitrogens with one attached hydrogen (secondary N) is 1. The monoisotopic (exact) mass is 357 g/mol. The number of ether oxygens (including phenoxy) is 1. The maximum absolute atomic E-state index is 12.5. The first-order chi connectivity index (χ1) is 12.0. The largest absolute Gasteiger partial charge is 0.494 e. The molecule has 0 radical (unpaired) electrons. The van der Waals surface area contributed by atoms with Crippen LogP contribution in [0.15, 0.2) is 30.3 Å². The fourth-order valence-electron chi connectivity index (χ4n) is 2.59. The van der Waals surface area contributed by atoms with Crippen molar-refractivity contribution >= 4 is 11.7 Å². The van der Waals surface area contributed by atoms with E-state index in [2.05, 4.69) is 46.9 Å². The van der Waals surface area contributed by atoms with E-state index in [4.69, 9.17) is 9.84 Å². The zero-order valence-corrected chi connectivity index (χ0v) is 17.0. The van der Waals surface area contributed by atoms with Crippen molar-refractivity contribution in [1.82, 2.24) is 9.78 Å². The molecular weight excluding hydrogens is 326 g/mol. The third kappa shape index (κ3) is 5.10. The molecular formula is C21H31N3O2. The molecule has 1 heterocycles. The van der Waals surface area contributed by atoms with Crippen LogP contribution in [-0.4, -0.2) is 22.3 Å². The van der Waals surface area contributed by atoms with Crippen LogP contribution in [0, 0.1) is 0 Å². The summed E-state index contributed by atoms with van der Waals surface area (Å²) in [5.41, 5.74) is 1.61. The third-order valence-corrected chi connectivity index (χ3v) is 3.98. The third-order valence-electron chi connectivity index (χ3n) is 3.98. The molecule has 0 aliphatic rings. The Hall–Kier alpha value is -2.30. The van der Waals surface area contributed by atoms with E-state index >= 15 is 0 Å². The van der Waals surface area contributed by atoms with Gasteiger partial charge in [-0.15, -0.1) is 0 Å². The van der Waals surface area contributed by atoms with Crippen LogP contribution in [0.2, 0.25) is 0 Å². The minimum Gasteiger partial charge on any atom is -0.494 e. The lowest BCUT2D eigenvalue weighted by molar-refractivity contribution is -0.115.